The smallest absolute Gasteiger partial charge is 0.319 e. The third kappa shape index (κ3) is 3.96. The van der Waals surface area contributed by atoms with Crippen LogP contribution >= 0.6 is 0 Å². The molecule has 1 aliphatic rings. The first-order chi connectivity index (χ1) is 10.5. The van der Waals surface area contributed by atoms with Crippen molar-refractivity contribution in [1.29, 1.82) is 0 Å². The molecule has 3 amide bonds. The number of benzene rings is 1. The van der Waals surface area contributed by atoms with E-state index in [1.54, 1.807) is 0 Å². The highest BCUT2D eigenvalue weighted by atomic mass is 19.1. The SMILES string of the molecule is CNC(=O)c1cc(NC(=O)N[C@H]2CCCC[C@@H]2C)ccc1F. The molecule has 3 N–H and O–H groups in total. The number of hydrogen-bond donors (Lipinski definition) is 3. The van der Waals surface area contributed by atoms with Gasteiger partial charge in [0.2, 0.25) is 0 Å². The molecular weight excluding hydrogens is 285 g/mol. The van der Waals surface area contributed by atoms with Crippen molar-refractivity contribution in [3.63, 3.8) is 0 Å². The van der Waals surface area contributed by atoms with E-state index < -0.39 is 11.7 Å². The summed E-state index contributed by atoms with van der Waals surface area (Å²) in [6.07, 6.45) is 4.41. The Morgan fingerprint density at radius 2 is 1.95 bits per heavy atom. The van der Waals surface area contributed by atoms with Crippen molar-refractivity contribution in [3.8, 4) is 0 Å². The van der Waals surface area contributed by atoms with E-state index in [9.17, 15) is 14.0 Å². The highest BCUT2D eigenvalue weighted by Crippen LogP contribution is 2.24. The minimum Gasteiger partial charge on any atom is -0.355 e. The number of hydrogen-bond acceptors (Lipinski definition) is 2. The van der Waals surface area contributed by atoms with Gasteiger partial charge in [-0.15, -0.1) is 0 Å². The van der Waals surface area contributed by atoms with Gasteiger partial charge >= 0.3 is 6.03 Å². The lowest BCUT2D eigenvalue weighted by Crippen LogP contribution is -2.43. The lowest BCUT2D eigenvalue weighted by molar-refractivity contribution is 0.0959. The Balaban J connectivity index is 2.00. The molecule has 0 unspecified atom stereocenters. The van der Waals surface area contributed by atoms with Gasteiger partial charge in [-0.3, -0.25) is 4.79 Å². The fraction of sp³-hybridized carbons (Fsp3) is 0.500. The van der Waals surface area contributed by atoms with Gasteiger partial charge in [0.25, 0.3) is 5.91 Å². The van der Waals surface area contributed by atoms with E-state index in [0.29, 0.717) is 11.6 Å². The zero-order valence-corrected chi connectivity index (χ0v) is 12.9. The summed E-state index contributed by atoms with van der Waals surface area (Å²) in [6.45, 7) is 2.13. The summed E-state index contributed by atoms with van der Waals surface area (Å²) in [5.74, 6) is -0.692. The standard InChI is InChI=1S/C16H22FN3O2/c1-10-5-3-4-6-14(10)20-16(22)19-11-7-8-13(17)12(9-11)15(21)18-2/h7-10,14H,3-6H2,1-2H3,(H,18,21)(H2,19,20,22)/t10-,14-/m0/s1. The van der Waals surface area contributed by atoms with Crippen LogP contribution < -0.4 is 16.0 Å². The van der Waals surface area contributed by atoms with Crippen molar-refractivity contribution in [2.24, 2.45) is 5.92 Å². The molecule has 1 aromatic rings. The summed E-state index contributed by atoms with van der Waals surface area (Å²) < 4.78 is 13.6. The van der Waals surface area contributed by atoms with Gasteiger partial charge in [-0.2, -0.15) is 0 Å². The van der Waals surface area contributed by atoms with Gasteiger partial charge in [-0.1, -0.05) is 19.8 Å². The third-order valence-electron chi connectivity index (χ3n) is 4.12. The fourth-order valence-corrected chi connectivity index (χ4v) is 2.78. The van der Waals surface area contributed by atoms with Crippen LogP contribution in [0.1, 0.15) is 43.0 Å². The molecule has 1 aliphatic carbocycles. The van der Waals surface area contributed by atoms with Crippen LogP contribution in [0.25, 0.3) is 0 Å². The molecule has 0 bridgehead atoms. The van der Waals surface area contributed by atoms with Crippen LogP contribution in [-0.2, 0) is 0 Å². The molecule has 0 saturated heterocycles. The monoisotopic (exact) mass is 307 g/mol. The zero-order chi connectivity index (χ0) is 16.1. The highest BCUT2D eigenvalue weighted by Gasteiger charge is 2.23. The molecule has 6 heteroatoms. The van der Waals surface area contributed by atoms with Gasteiger partial charge < -0.3 is 16.0 Å². The van der Waals surface area contributed by atoms with Gasteiger partial charge in [0.05, 0.1) is 5.56 Å². The first-order valence-corrected chi connectivity index (χ1v) is 7.60. The Morgan fingerprint density at radius 1 is 1.23 bits per heavy atom. The highest BCUT2D eigenvalue weighted by molar-refractivity contribution is 5.97. The molecular formula is C16H22FN3O2. The lowest BCUT2D eigenvalue weighted by atomic mass is 9.86. The summed E-state index contributed by atoms with van der Waals surface area (Å²) in [5, 5.41) is 7.98. The van der Waals surface area contributed by atoms with Gasteiger partial charge in [0, 0.05) is 18.8 Å². The van der Waals surface area contributed by atoms with Gasteiger partial charge in [-0.25, -0.2) is 9.18 Å². The quantitative estimate of drug-likeness (QED) is 0.803. The number of carbonyl (C=O) groups excluding carboxylic acids is 2. The maximum Gasteiger partial charge on any atom is 0.319 e. The van der Waals surface area contributed by atoms with E-state index in [1.165, 1.54) is 31.7 Å². The maximum absolute atomic E-state index is 13.6. The summed E-state index contributed by atoms with van der Waals surface area (Å²) in [4.78, 5) is 23.6. The van der Waals surface area contributed by atoms with Gasteiger partial charge in [0.15, 0.2) is 0 Å². The lowest BCUT2D eigenvalue weighted by Gasteiger charge is -2.29. The van der Waals surface area contributed by atoms with E-state index in [0.717, 1.165) is 19.3 Å². The summed E-state index contributed by atoms with van der Waals surface area (Å²) >= 11 is 0. The van der Waals surface area contributed by atoms with Crippen LogP contribution in [-0.4, -0.2) is 25.0 Å². The molecule has 5 nitrogen and oxygen atoms in total. The second kappa shape index (κ2) is 7.24. The number of halogens is 1. The van der Waals surface area contributed by atoms with E-state index >= 15 is 0 Å². The maximum atomic E-state index is 13.6. The average molecular weight is 307 g/mol. The molecule has 0 heterocycles. The van der Waals surface area contributed by atoms with Crippen LogP contribution in [0.5, 0.6) is 0 Å². The molecule has 1 saturated carbocycles. The van der Waals surface area contributed by atoms with Gasteiger partial charge in [0.1, 0.15) is 5.82 Å². The number of nitrogens with one attached hydrogen (secondary N) is 3. The van der Waals surface area contributed by atoms with Crippen molar-refractivity contribution in [1.82, 2.24) is 10.6 Å². The predicted octanol–water partition coefficient (Wildman–Crippen LogP) is 2.89. The topological polar surface area (TPSA) is 70.2 Å². The Bertz CT molecular complexity index is 562. The van der Waals surface area contributed by atoms with Crippen molar-refractivity contribution < 1.29 is 14.0 Å². The molecule has 1 aromatic carbocycles. The minimum absolute atomic E-state index is 0.0914. The molecule has 120 valence electrons. The van der Waals surface area contributed by atoms with Crippen molar-refractivity contribution in [2.45, 2.75) is 38.6 Å². The van der Waals surface area contributed by atoms with Crippen LogP contribution in [0, 0.1) is 11.7 Å². The molecule has 0 aliphatic heterocycles. The molecule has 2 atom stereocenters. The molecule has 1 fully saturated rings. The third-order valence-corrected chi connectivity index (χ3v) is 4.12. The Morgan fingerprint density at radius 3 is 2.64 bits per heavy atom. The number of anilines is 1. The fourth-order valence-electron chi connectivity index (χ4n) is 2.78. The van der Waals surface area contributed by atoms with Gasteiger partial charge in [-0.05, 0) is 37.0 Å². The van der Waals surface area contributed by atoms with E-state index in [-0.39, 0.29) is 17.6 Å². The van der Waals surface area contributed by atoms with Crippen molar-refractivity contribution in [2.75, 3.05) is 12.4 Å². The Labute approximate surface area is 129 Å². The number of amides is 3. The molecule has 0 spiro atoms. The molecule has 0 radical (unpaired) electrons. The van der Waals surface area contributed by atoms with Crippen molar-refractivity contribution >= 4 is 17.6 Å². The Hall–Kier alpha value is -2.11. The second-order valence-corrected chi connectivity index (χ2v) is 5.74. The Kier molecular flexibility index (Phi) is 5.35. The summed E-state index contributed by atoms with van der Waals surface area (Å²) in [5.41, 5.74) is 0.298. The summed E-state index contributed by atoms with van der Waals surface area (Å²) in [6, 6.07) is 3.77. The summed E-state index contributed by atoms with van der Waals surface area (Å²) in [7, 11) is 1.43. The van der Waals surface area contributed by atoms with Crippen LogP contribution in [0.2, 0.25) is 0 Å². The minimum atomic E-state index is -0.619. The van der Waals surface area contributed by atoms with Crippen LogP contribution in [0.4, 0.5) is 14.9 Å². The molecule has 2 rings (SSSR count). The average Bonchev–Trinajstić information content (AvgIpc) is 2.50. The number of rotatable bonds is 3. The first-order valence-electron chi connectivity index (χ1n) is 7.60. The predicted molar refractivity (Wildman–Crippen MR) is 83.4 cm³/mol. The number of carbonyl (C=O) groups is 2. The van der Waals surface area contributed by atoms with E-state index in [1.807, 2.05) is 0 Å². The van der Waals surface area contributed by atoms with Crippen LogP contribution in [0.15, 0.2) is 18.2 Å². The largest absolute Gasteiger partial charge is 0.355 e. The second-order valence-electron chi connectivity index (χ2n) is 5.74. The molecule has 0 aromatic heterocycles. The number of urea groups is 1. The van der Waals surface area contributed by atoms with E-state index in [2.05, 4.69) is 22.9 Å². The van der Waals surface area contributed by atoms with Crippen LogP contribution in [0.3, 0.4) is 0 Å². The van der Waals surface area contributed by atoms with E-state index in [4.69, 9.17) is 0 Å². The van der Waals surface area contributed by atoms with Crippen molar-refractivity contribution in [3.05, 3.63) is 29.6 Å². The normalized spacial score (nSPS) is 21.0. The first kappa shape index (κ1) is 16.3. The zero-order valence-electron chi connectivity index (χ0n) is 12.9. The molecule has 22 heavy (non-hydrogen) atoms.